The molecule has 0 spiro atoms. The van der Waals surface area contributed by atoms with Gasteiger partial charge in [0, 0.05) is 20.1 Å². The molecule has 0 rings (SSSR count). The van der Waals surface area contributed by atoms with E-state index in [9.17, 15) is 9.46 Å². The lowest BCUT2D eigenvalue weighted by atomic mass is 9.98. The van der Waals surface area contributed by atoms with Crippen LogP contribution in [0.15, 0.2) is 0 Å². The minimum Gasteiger partial charge on any atom is -0.595 e. The van der Waals surface area contributed by atoms with E-state index in [0.717, 1.165) is 12.8 Å². The summed E-state index contributed by atoms with van der Waals surface area (Å²) in [7, 11) is 0.405. The fraction of sp³-hybridized carbons (Fsp3) is 1.00. The zero-order chi connectivity index (χ0) is 11.1. The second-order valence-corrected chi connectivity index (χ2v) is 4.36. The second-order valence-electron chi connectivity index (χ2n) is 3.19. The fourth-order valence-corrected chi connectivity index (χ4v) is 2.85. The summed E-state index contributed by atoms with van der Waals surface area (Å²) in [5, 5.41) is 0. The van der Waals surface area contributed by atoms with Crippen LogP contribution in [0.5, 0.6) is 0 Å². The van der Waals surface area contributed by atoms with Crippen LogP contribution >= 0.6 is 8.03 Å². The van der Waals surface area contributed by atoms with Gasteiger partial charge in [0.05, 0.1) is 0 Å². The first-order valence-electron chi connectivity index (χ1n) is 4.81. The molecule has 0 fully saturated rings. The molecule has 0 aliphatic carbocycles. The van der Waals surface area contributed by atoms with Crippen LogP contribution in [0.4, 0.5) is 0 Å². The van der Waals surface area contributed by atoms with Crippen molar-refractivity contribution < 1.29 is 18.9 Å². The van der Waals surface area contributed by atoms with Crippen molar-refractivity contribution in [2.24, 2.45) is 5.92 Å². The molecule has 0 heterocycles. The first-order chi connectivity index (χ1) is 6.62. The summed E-state index contributed by atoms with van der Waals surface area (Å²) >= 11 is 0. The third kappa shape index (κ3) is 3.62. The second kappa shape index (κ2) is 7.30. The van der Waals surface area contributed by atoms with Gasteiger partial charge in [0.1, 0.15) is 0 Å². The van der Waals surface area contributed by atoms with E-state index in [2.05, 4.69) is 0 Å². The molecule has 0 saturated carbocycles. The van der Waals surface area contributed by atoms with Gasteiger partial charge in [-0.15, -0.1) is 0 Å². The summed E-state index contributed by atoms with van der Waals surface area (Å²) in [6.07, 6.45) is 0.975. The molecule has 0 N–H and O–H groups in total. The largest absolute Gasteiger partial charge is 0.595 e. The quantitative estimate of drug-likeness (QED) is 0.484. The van der Waals surface area contributed by atoms with Gasteiger partial charge in [-0.1, -0.05) is 18.4 Å². The van der Waals surface area contributed by atoms with E-state index in [4.69, 9.17) is 9.47 Å². The minimum absolute atomic E-state index is 0.0982. The molecule has 0 saturated heterocycles. The first kappa shape index (κ1) is 14.0. The van der Waals surface area contributed by atoms with Crippen LogP contribution in [-0.2, 0) is 14.0 Å². The van der Waals surface area contributed by atoms with Crippen LogP contribution in [0.1, 0.15) is 26.7 Å². The van der Waals surface area contributed by atoms with Gasteiger partial charge in [0.2, 0.25) is 11.9 Å². The van der Waals surface area contributed by atoms with Crippen LogP contribution in [0.2, 0.25) is 0 Å². The Labute approximate surface area is 86.5 Å². The highest BCUT2D eigenvalue weighted by Crippen LogP contribution is 2.33. The molecule has 0 bridgehead atoms. The monoisotopic (exact) mass is 222 g/mol. The van der Waals surface area contributed by atoms with Gasteiger partial charge >= 0.3 is 8.03 Å². The molecule has 0 aliphatic heterocycles. The van der Waals surface area contributed by atoms with E-state index in [0.29, 0.717) is 0 Å². The SMILES string of the molecule is CCC(CC)C(C(OC)OC)[P+](=O)[O-]. The Hall–Kier alpha value is -0.0200. The van der Waals surface area contributed by atoms with Gasteiger partial charge in [-0.05, 0) is 12.8 Å². The molecule has 14 heavy (non-hydrogen) atoms. The van der Waals surface area contributed by atoms with Crippen molar-refractivity contribution in [1.82, 2.24) is 0 Å². The first-order valence-corrected chi connectivity index (χ1v) is 6.06. The normalized spacial score (nSPS) is 14.9. The standard InChI is InChI=1S/C9H19O4P/c1-5-7(6-2)8(14(10)11)9(12-3)13-4/h7-9H,5-6H2,1-4H3. The Morgan fingerprint density at radius 2 is 1.64 bits per heavy atom. The van der Waals surface area contributed by atoms with E-state index in [-0.39, 0.29) is 5.92 Å². The van der Waals surface area contributed by atoms with Crippen LogP contribution in [0, 0.1) is 5.92 Å². The zero-order valence-electron chi connectivity index (χ0n) is 9.23. The summed E-state index contributed by atoms with van der Waals surface area (Å²) in [6.45, 7) is 3.95. The van der Waals surface area contributed by atoms with E-state index in [1.807, 2.05) is 13.8 Å². The Balaban J connectivity index is 4.62. The Bertz CT molecular complexity index is 154. The van der Waals surface area contributed by atoms with Crippen molar-refractivity contribution in [3.8, 4) is 0 Å². The van der Waals surface area contributed by atoms with Crippen LogP contribution in [-0.4, -0.2) is 26.2 Å². The molecular weight excluding hydrogens is 203 g/mol. The number of hydrogen-bond donors (Lipinski definition) is 0. The van der Waals surface area contributed by atoms with E-state index < -0.39 is 20.0 Å². The minimum atomic E-state index is -2.52. The maximum atomic E-state index is 11.1. The van der Waals surface area contributed by atoms with Gasteiger partial charge in [-0.3, -0.25) is 0 Å². The predicted molar refractivity (Wildman–Crippen MR) is 53.3 cm³/mol. The molecule has 0 amide bonds. The predicted octanol–water partition coefficient (Wildman–Crippen LogP) is 1.51. The molecule has 2 unspecified atom stereocenters. The maximum Gasteiger partial charge on any atom is 0.317 e. The highest BCUT2D eigenvalue weighted by molar-refractivity contribution is 7.37. The lowest BCUT2D eigenvalue weighted by molar-refractivity contribution is -0.180. The van der Waals surface area contributed by atoms with Gasteiger partial charge in [-0.2, -0.15) is 0 Å². The van der Waals surface area contributed by atoms with E-state index >= 15 is 0 Å². The Kier molecular flexibility index (Phi) is 7.28. The highest BCUT2D eigenvalue weighted by Gasteiger charge is 2.38. The smallest absolute Gasteiger partial charge is 0.317 e. The number of hydrogen-bond acceptors (Lipinski definition) is 4. The molecular formula is C9H19O4P. The lowest BCUT2D eigenvalue weighted by Gasteiger charge is -2.24. The molecule has 0 aromatic heterocycles. The Morgan fingerprint density at radius 1 is 1.21 bits per heavy atom. The topological polar surface area (TPSA) is 58.6 Å². The van der Waals surface area contributed by atoms with Crippen molar-refractivity contribution in [1.29, 1.82) is 0 Å². The van der Waals surface area contributed by atoms with Crippen LogP contribution in [0.25, 0.3) is 0 Å². The van der Waals surface area contributed by atoms with E-state index in [1.54, 1.807) is 0 Å². The average molecular weight is 222 g/mol. The summed E-state index contributed by atoms with van der Waals surface area (Å²) in [5.41, 5.74) is -0.546. The van der Waals surface area contributed by atoms with Gasteiger partial charge in [-0.25, -0.2) is 0 Å². The summed E-state index contributed by atoms with van der Waals surface area (Å²) in [6, 6.07) is 0. The van der Waals surface area contributed by atoms with Crippen molar-refractivity contribution in [2.45, 2.75) is 38.6 Å². The molecule has 4 nitrogen and oxygen atoms in total. The molecule has 2 atom stereocenters. The number of rotatable bonds is 7. The average Bonchev–Trinajstić information content (AvgIpc) is 2.18. The highest BCUT2D eigenvalue weighted by atomic mass is 31.1. The molecule has 0 aromatic rings. The van der Waals surface area contributed by atoms with Crippen molar-refractivity contribution in [3.63, 3.8) is 0 Å². The third-order valence-electron chi connectivity index (χ3n) is 2.52. The van der Waals surface area contributed by atoms with Crippen molar-refractivity contribution in [2.75, 3.05) is 14.2 Å². The Morgan fingerprint density at radius 3 is 1.86 bits per heavy atom. The fourth-order valence-electron chi connectivity index (χ4n) is 1.64. The van der Waals surface area contributed by atoms with E-state index in [1.165, 1.54) is 14.2 Å². The molecule has 0 aliphatic rings. The van der Waals surface area contributed by atoms with Crippen molar-refractivity contribution in [3.05, 3.63) is 0 Å². The maximum absolute atomic E-state index is 11.1. The molecule has 84 valence electrons. The summed E-state index contributed by atoms with van der Waals surface area (Å²) in [5.74, 6) is 0.0982. The summed E-state index contributed by atoms with van der Waals surface area (Å²) in [4.78, 5) is 11.1. The lowest BCUT2D eigenvalue weighted by Crippen LogP contribution is -2.35. The summed E-state index contributed by atoms with van der Waals surface area (Å²) < 4.78 is 21.1. The molecule has 5 heteroatoms. The third-order valence-corrected chi connectivity index (χ3v) is 3.67. The van der Waals surface area contributed by atoms with Crippen LogP contribution in [0.3, 0.4) is 0 Å². The zero-order valence-corrected chi connectivity index (χ0v) is 10.1. The van der Waals surface area contributed by atoms with Gasteiger partial charge < -0.3 is 14.4 Å². The number of methoxy groups -OCH3 is 2. The van der Waals surface area contributed by atoms with Gasteiger partial charge in [0.15, 0.2) is 0 Å². The van der Waals surface area contributed by atoms with Crippen molar-refractivity contribution >= 4 is 8.03 Å². The molecule has 0 aromatic carbocycles. The van der Waals surface area contributed by atoms with Gasteiger partial charge in [0.25, 0.3) is 0 Å². The van der Waals surface area contributed by atoms with Crippen LogP contribution < -0.4 is 4.89 Å². The number of ether oxygens (including phenoxy) is 2. The molecule has 0 radical (unpaired) electrons.